The van der Waals surface area contributed by atoms with E-state index in [1.807, 2.05) is 0 Å². The smallest absolute Gasteiger partial charge is 0.123 e. The standard InChI is InChI=1S/C19H30O/c1-18(2,3)15-11-14(10-9-13-7-8-13)12-16(17(15)20)19(4,5)6/h11-13,20H,7-10H2,1-6H3. The second-order valence-corrected chi connectivity index (χ2v) is 8.52. The van der Waals surface area contributed by atoms with Crippen molar-refractivity contribution in [3.05, 3.63) is 28.8 Å². The molecule has 0 aliphatic heterocycles. The normalized spacial score (nSPS) is 16.5. The highest BCUT2D eigenvalue weighted by atomic mass is 16.3. The molecule has 1 nitrogen and oxygen atoms in total. The van der Waals surface area contributed by atoms with Crippen molar-refractivity contribution in [1.29, 1.82) is 0 Å². The van der Waals surface area contributed by atoms with Crippen LogP contribution in [-0.4, -0.2) is 5.11 Å². The van der Waals surface area contributed by atoms with Crippen molar-refractivity contribution < 1.29 is 5.11 Å². The molecule has 0 saturated heterocycles. The van der Waals surface area contributed by atoms with E-state index in [1.54, 1.807) is 0 Å². The van der Waals surface area contributed by atoms with Gasteiger partial charge in [-0.2, -0.15) is 0 Å². The molecule has 0 bridgehead atoms. The van der Waals surface area contributed by atoms with E-state index < -0.39 is 0 Å². The molecule has 1 aliphatic rings. The summed E-state index contributed by atoms with van der Waals surface area (Å²) in [5, 5.41) is 10.7. The predicted molar refractivity (Wildman–Crippen MR) is 86.6 cm³/mol. The number of hydrogen-bond donors (Lipinski definition) is 1. The zero-order valence-electron chi connectivity index (χ0n) is 14.0. The van der Waals surface area contributed by atoms with Crippen LogP contribution in [0.25, 0.3) is 0 Å². The quantitative estimate of drug-likeness (QED) is 0.790. The summed E-state index contributed by atoms with van der Waals surface area (Å²) in [4.78, 5) is 0. The molecule has 0 unspecified atom stereocenters. The lowest BCUT2D eigenvalue weighted by molar-refractivity contribution is 0.422. The van der Waals surface area contributed by atoms with E-state index in [1.165, 1.54) is 24.8 Å². The fraction of sp³-hybridized carbons (Fsp3) is 0.684. The first-order chi connectivity index (χ1) is 9.09. The predicted octanol–water partition coefficient (Wildman–Crippen LogP) is 5.33. The molecule has 1 aromatic carbocycles. The number of phenols is 1. The van der Waals surface area contributed by atoms with Crippen LogP contribution in [0.1, 0.15) is 77.5 Å². The van der Waals surface area contributed by atoms with Crippen LogP contribution in [0, 0.1) is 5.92 Å². The van der Waals surface area contributed by atoms with Crippen molar-refractivity contribution in [1.82, 2.24) is 0 Å². The Hall–Kier alpha value is -0.980. The molecule has 1 saturated carbocycles. The molecule has 2 rings (SSSR count). The van der Waals surface area contributed by atoms with Gasteiger partial charge in [0.15, 0.2) is 0 Å². The summed E-state index contributed by atoms with van der Waals surface area (Å²) in [6.45, 7) is 13.1. The van der Waals surface area contributed by atoms with Gasteiger partial charge in [-0.25, -0.2) is 0 Å². The Morgan fingerprint density at radius 1 is 0.950 bits per heavy atom. The van der Waals surface area contributed by atoms with Crippen LogP contribution < -0.4 is 0 Å². The lowest BCUT2D eigenvalue weighted by atomic mass is 9.78. The number of aryl methyl sites for hydroxylation is 1. The molecule has 0 amide bonds. The Morgan fingerprint density at radius 3 is 1.75 bits per heavy atom. The van der Waals surface area contributed by atoms with Crippen LogP contribution in [-0.2, 0) is 17.3 Å². The van der Waals surface area contributed by atoms with Gasteiger partial charge in [0.2, 0.25) is 0 Å². The van der Waals surface area contributed by atoms with Crippen LogP contribution in [0.3, 0.4) is 0 Å². The number of benzene rings is 1. The third kappa shape index (κ3) is 3.56. The number of phenolic OH excluding ortho intramolecular Hbond substituents is 1. The number of hydrogen-bond acceptors (Lipinski definition) is 1. The van der Waals surface area contributed by atoms with Crippen LogP contribution in [0.4, 0.5) is 0 Å². The van der Waals surface area contributed by atoms with Gasteiger partial charge in [-0.1, -0.05) is 66.5 Å². The number of rotatable bonds is 3. The molecule has 0 radical (unpaired) electrons. The van der Waals surface area contributed by atoms with Crippen LogP contribution >= 0.6 is 0 Å². The second-order valence-electron chi connectivity index (χ2n) is 8.52. The number of aromatic hydroxyl groups is 1. The van der Waals surface area contributed by atoms with Crippen LogP contribution in [0.2, 0.25) is 0 Å². The Labute approximate surface area is 124 Å². The molecular formula is C19H30O. The summed E-state index contributed by atoms with van der Waals surface area (Å²) < 4.78 is 0. The van der Waals surface area contributed by atoms with E-state index in [0.717, 1.165) is 23.5 Å². The minimum Gasteiger partial charge on any atom is -0.507 e. The maximum atomic E-state index is 10.7. The maximum Gasteiger partial charge on any atom is 0.123 e. The van der Waals surface area contributed by atoms with Crippen LogP contribution in [0.5, 0.6) is 5.75 Å². The third-order valence-corrected chi connectivity index (χ3v) is 4.32. The summed E-state index contributed by atoms with van der Waals surface area (Å²) in [6.07, 6.45) is 5.28. The summed E-state index contributed by atoms with van der Waals surface area (Å²) >= 11 is 0. The molecule has 0 aromatic heterocycles. The van der Waals surface area contributed by atoms with Gasteiger partial charge >= 0.3 is 0 Å². The fourth-order valence-electron chi connectivity index (χ4n) is 2.76. The summed E-state index contributed by atoms with van der Waals surface area (Å²) in [7, 11) is 0. The Kier molecular flexibility index (Phi) is 3.92. The molecule has 1 heteroatoms. The molecule has 1 N–H and O–H groups in total. The fourth-order valence-corrected chi connectivity index (χ4v) is 2.76. The van der Waals surface area contributed by atoms with Crippen molar-refractivity contribution in [2.45, 2.75) is 78.1 Å². The zero-order valence-corrected chi connectivity index (χ0v) is 14.0. The first kappa shape index (κ1) is 15.4. The summed E-state index contributed by atoms with van der Waals surface area (Å²) in [6, 6.07) is 4.46. The molecule has 112 valence electrons. The maximum absolute atomic E-state index is 10.7. The topological polar surface area (TPSA) is 20.2 Å². The average Bonchev–Trinajstić information content (AvgIpc) is 3.08. The molecule has 1 aromatic rings. The second kappa shape index (κ2) is 5.09. The van der Waals surface area contributed by atoms with E-state index in [9.17, 15) is 5.11 Å². The first-order valence-corrected chi connectivity index (χ1v) is 7.96. The lowest BCUT2D eigenvalue weighted by Gasteiger charge is -2.28. The molecule has 0 spiro atoms. The SMILES string of the molecule is CC(C)(C)c1cc(CCC2CC2)cc(C(C)(C)C)c1O. The Morgan fingerprint density at radius 2 is 1.40 bits per heavy atom. The molecule has 1 aliphatic carbocycles. The van der Waals surface area contributed by atoms with E-state index in [2.05, 4.69) is 53.7 Å². The van der Waals surface area contributed by atoms with Gasteiger partial charge < -0.3 is 5.11 Å². The first-order valence-electron chi connectivity index (χ1n) is 7.96. The van der Waals surface area contributed by atoms with Gasteiger partial charge in [0.05, 0.1) is 0 Å². The Bertz CT molecular complexity index is 446. The van der Waals surface area contributed by atoms with Gasteiger partial charge in [-0.05, 0) is 46.3 Å². The molecule has 0 heterocycles. The molecule has 1 fully saturated rings. The van der Waals surface area contributed by atoms with Crippen molar-refractivity contribution in [2.24, 2.45) is 5.92 Å². The van der Waals surface area contributed by atoms with Gasteiger partial charge in [-0.3, -0.25) is 0 Å². The molecular weight excluding hydrogens is 244 g/mol. The highest BCUT2D eigenvalue weighted by Crippen LogP contribution is 2.41. The van der Waals surface area contributed by atoms with E-state index in [-0.39, 0.29) is 10.8 Å². The minimum atomic E-state index is -0.0142. The van der Waals surface area contributed by atoms with Crippen LogP contribution in [0.15, 0.2) is 12.1 Å². The average molecular weight is 274 g/mol. The van der Waals surface area contributed by atoms with Crippen molar-refractivity contribution in [3.63, 3.8) is 0 Å². The van der Waals surface area contributed by atoms with Gasteiger partial charge in [-0.15, -0.1) is 0 Å². The third-order valence-electron chi connectivity index (χ3n) is 4.32. The van der Waals surface area contributed by atoms with E-state index >= 15 is 0 Å². The molecule has 0 atom stereocenters. The Balaban J connectivity index is 2.41. The minimum absolute atomic E-state index is 0.0142. The lowest BCUT2D eigenvalue weighted by Crippen LogP contribution is -2.18. The van der Waals surface area contributed by atoms with Crippen molar-refractivity contribution in [2.75, 3.05) is 0 Å². The zero-order chi connectivity index (χ0) is 15.1. The van der Waals surface area contributed by atoms with E-state index in [4.69, 9.17) is 0 Å². The highest BCUT2D eigenvalue weighted by Gasteiger charge is 2.27. The van der Waals surface area contributed by atoms with E-state index in [0.29, 0.717) is 5.75 Å². The molecule has 20 heavy (non-hydrogen) atoms. The largest absolute Gasteiger partial charge is 0.507 e. The van der Waals surface area contributed by atoms with Crippen molar-refractivity contribution >= 4 is 0 Å². The van der Waals surface area contributed by atoms with Crippen molar-refractivity contribution in [3.8, 4) is 5.75 Å². The van der Waals surface area contributed by atoms with Gasteiger partial charge in [0, 0.05) is 0 Å². The monoisotopic (exact) mass is 274 g/mol. The van der Waals surface area contributed by atoms with Gasteiger partial charge in [0.1, 0.15) is 5.75 Å². The summed E-state index contributed by atoms with van der Waals surface area (Å²) in [5.41, 5.74) is 3.55. The highest BCUT2D eigenvalue weighted by molar-refractivity contribution is 5.49. The van der Waals surface area contributed by atoms with Gasteiger partial charge in [0.25, 0.3) is 0 Å². The summed E-state index contributed by atoms with van der Waals surface area (Å²) in [5.74, 6) is 1.46.